The Labute approximate surface area is 103 Å². The van der Waals surface area contributed by atoms with E-state index in [1.165, 1.54) is 6.42 Å². The lowest BCUT2D eigenvalue weighted by molar-refractivity contribution is -0.192. The molecule has 6 heteroatoms. The van der Waals surface area contributed by atoms with E-state index in [1.54, 1.807) is 0 Å². The van der Waals surface area contributed by atoms with E-state index < -0.39 is 12.1 Å². The number of aliphatic carboxylic acids is 1. The van der Waals surface area contributed by atoms with Crippen LogP contribution in [-0.2, 0) is 9.59 Å². The fourth-order valence-electron chi connectivity index (χ4n) is 2.90. The van der Waals surface area contributed by atoms with Gasteiger partial charge in [0.25, 0.3) is 0 Å². The first kappa shape index (κ1) is 15.0. The molecule has 0 saturated heterocycles. The quantitative estimate of drug-likeness (QED) is 0.733. The van der Waals surface area contributed by atoms with Gasteiger partial charge in [-0.3, -0.25) is 4.79 Å². The van der Waals surface area contributed by atoms with E-state index in [-0.39, 0.29) is 10.8 Å². The summed E-state index contributed by atoms with van der Waals surface area (Å²) in [5.41, 5.74) is 0.307. The predicted molar refractivity (Wildman–Crippen MR) is 57.9 cm³/mol. The molecule has 0 aromatic heterocycles. The molecule has 2 saturated carbocycles. The number of hydrogen-bond acceptors (Lipinski definition) is 2. The lowest BCUT2D eigenvalue weighted by Crippen LogP contribution is -2.32. The SMILES string of the molecule is CC12CCC(CC1=O)C2(C)C.O=C(O)C(F)(F)F. The molecule has 0 heterocycles. The number of rotatable bonds is 0. The third-order valence-corrected chi connectivity index (χ3v) is 4.73. The molecule has 2 unspecified atom stereocenters. The molecule has 2 fully saturated rings. The van der Waals surface area contributed by atoms with Crippen LogP contribution >= 0.6 is 0 Å². The lowest BCUT2D eigenvalue weighted by atomic mass is 9.70. The zero-order valence-electron chi connectivity index (χ0n) is 10.6. The summed E-state index contributed by atoms with van der Waals surface area (Å²) in [7, 11) is 0. The van der Waals surface area contributed by atoms with E-state index in [0.29, 0.717) is 11.7 Å². The van der Waals surface area contributed by atoms with Crippen molar-refractivity contribution in [2.75, 3.05) is 0 Å². The van der Waals surface area contributed by atoms with E-state index in [9.17, 15) is 18.0 Å². The summed E-state index contributed by atoms with van der Waals surface area (Å²) in [6.07, 6.45) is -1.83. The molecule has 0 amide bonds. The van der Waals surface area contributed by atoms with Crippen molar-refractivity contribution < 1.29 is 27.9 Å². The Bertz CT molecular complexity index is 373. The van der Waals surface area contributed by atoms with E-state index in [4.69, 9.17) is 9.90 Å². The Hall–Kier alpha value is -1.07. The first-order chi connectivity index (χ1) is 7.93. The van der Waals surface area contributed by atoms with Crippen molar-refractivity contribution in [3.05, 3.63) is 0 Å². The van der Waals surface area contributed by atoms with Crippen molar-refractivity contribution in [2.45, 2.75) is 46.2 Å². The van der Waals surface area contributed by atoms with Crippen LogP contribution in [0, 0.1) is 16.7 Å². The molecule has 0 aromatic rings. The van der Waals surface area contributed by atoms with Crippen LogP contribution < -0.4 is 0 Å². The van der Waals surface area contributed by atoms with Crippen LogP contribution in [0.25, 0.3) is 0 Å². The molecule has 0 spiro atoms. The van der Waals surface area contributed by atoms with Gasteiger partial charge in [0.05, 0.1) is 0 Å². The van der Waals surface area contributed by atoms with Gasteiger partial charge in [-0.1, -0.05) is 20.8 Å². The van der Waals surface area contributed by atoms with Crippen molar-refractivity contribution in [2.24, 2.45) is 16.7 Å². The molecular formula is C12H17F3O3. The normalized spacial score (nSPS) is 33.0. The maximum Gasteiger partial charge on any atom is 0.490 e. The Morgan fingerprint density at radius 1 is 1.33 bits per heavy atom. The highest BCUT2D eigenvalue weighted by molar-refractivity contribution is 5.89. The van der Waals surface area contributed by atoms with Crippen LogP contribution in [0.3, 0.4) is 0 Å². The van der Waals surface area contributed by atoms with E-state index in [2.05, 4.69) is 20.8 Å². The number of carbonyl (C=O) groups excluding carboxylic acids is 1. The smallest absolute Gasteiger partial charge is 0.475 e. The second-order valence-electron chi connectivity index (χ2n) is 5.72. The molecule has 18 heavy (non-hydrogen) atoms. The number of carboxylic acid groups (broad SMARTS) is 1. The van der Waals surface area contributed by atoms with Crippen molar-refractivity contribution in [1.29, 1.82) is 0 Å². The van der Waals surface area contributed by atoms with Gasteiger partial charge in [-0.05, 0) is 24.2 Å². The highest BCUT2D eigenvalue weighted by atomic mass is 19.4. The average Bonchev–Trinajstić information content (AvgIpc) is 2.50. The Morgan fingerprint density at radius 3 is 1.89 bits per heavy atom. The molecule has 0 radical (unpaired) electrons. The van der Waals surface area contributed by atoms with Gasteiger partial charge in [0, 0.05) is 11.8 Å². The van der Waals surface area contributed by atoms with Gasteiger partial charge in [0.2, 0.25) is 0 Å². The molecule has 3 nitrogen and oxygen atoms in total. The van der Waals surface area contributed by atoms with Gasteiger partial charge < -0.3 is 5.11 Å². The fourth-order valence-corrected chi connectivity index (χ4v) is 2.90. The average molecular weight is 266 g/mol. The van der Waals surface area contributed by atoms with Gasteiger partial charge in [-0.15, -0.1) is 0 Å². The number of Topliss-reactive ketones (excluding diaryl/α,β-unsaturated/α-hetero) is 1. The summed E-state index contributed by atoms with van der Waals surface area (Å²) in [4.78, 5) is 20.5. The maximum absolute atomic E-state index is 11.6. The summed E-state index contributed by atoms with van der Waals surface area (Å²) < 4.78 is 31.7. The van der Waals surface area contributed by atoms with Gasteiger partial charge >= 0.3 is 12.1 Å². The monoisotopic (exact) mass is 266 g/mol. The van der Waals surface area contributed by atoms with Crippen LogP contribution in [0.4, 0.5) is 13.2 Å². The number of carbonyl (C=O) groups is 2. The number of fused-ring (bicyclic) bond motifs is 2. The molecule has 0 aromatic carbocycles. The second kappa shape index (κ2) is 4.24. The zero-order chi connectivity index (χ0) is 14.4. The predicted octanol–water partition coefficient (Wildman–Crippen LogP) is 3.04. The number of alkyl halides is 3. The molecule has 2 aliphatic rings. The van der Waals surface area contributed by atoms with Crippen LogP contribution in [0.2, 0.25) is 0 Å². The summed E-state index contributed by atoms with van der Waals surface area (Å²) in [5, 5.41) is 7.12. The van der Waals surface area contributed by atoms with Crippen LogP contribution in [0.15, 0.2) is 0 Å². The minimum absolute atomic E-state index is 0.0255. The third-order valence-electron chi connectivity index (χ3n) is 4.73. The van der Waals surface area contributed by atoms with Gasteiger partial charge in [-0.2, -0.15) is 13.2 Å². The first-order valence-electron chi connectivity index (χ1n) is 5.76. The molecule has 2 atom stereocenters. The summed E-state index contributed by atoms with van der Waals surface area (Å²) >= 11 is 0. The van der Waals surface area contributed by atoms with Gasteiger partial charge in [-0.25, -0.2) is 4.79 Å². The Balaban J connectivity index is 0.000000203. The van der Waals surface area contributed by atoms with Crippen molar-refractivity contribution in [3.63, 3.8) is 0 Å². The number of halogens is 3. The van der Waals surface area contributed by atoms with Crippen LogP contribution in [0.1, 0.15) is 40.0 Å². The van der Waals surface area contributed by atoms with E-state index in [1.807, 2.05) is 0 Å². The minimum atomic E-state index is -5.08. The molecule has 2 aliphatic carbocycles. The lowest BCUT2D eigenvalue weighted by Gasteiger charge is -2.32. The zero-order valence-corrected chi connectivity index (χ0v) is 10.6. The van der Waals surface area contributed by atoms with E-state index in [0.717, 1.165) is 12.8 Å². The van der Waals surface area contributed by atoms with Crippen LogP contribution in [-0.4, -0.2) is 23.0 Å². The molecule has 2 bridgehead atoms. The molecule has 0 aliphatic heterocycles. The van der Waals surface area contributed by atoms with Crippen molar-refractivity contribution in [1.82, 2.24) is 0 Å². The summed E-state index contributed by atoms with van der Waals surface area (Å²) in [6.45, 7) is 6.67. The van der Waals surface area contributed by atoms with E-state index >= 15 is 0 Å². The Morgan fingerprint density at radius 2 is 1.78 bits per heavy atom. The number of hydrogen-bond donors (Lipinski definition) is 1. The number of carboxylic acids is 1. The largest absolute Gasteiger partial charge is 0.490 e. The molecule has 104 valence electrons. The molecule has 1 N–H and O–H groups in total. The van der Waals surface area contributed by atoms with Crippen molar-refractivity contribution in [3.8, 4) is 0 Å². The highest BCUT2D eigenvalue weighted by Gasteiger charge is 2.61. The van der Waals surface area contributed by atoms with Gasteiger partial charge in [0.15, 0.2) is 0 Å². The summed E-state index contributed by atoms with van der Waals surface area (Å²) in [5.74, 6) is -1.56. The van der Waals surface area contributed by atoms with Crippen molar-refractivity contribution >= 4 is 11.8 Å². The first-order valence-corrected chi connectivity index (χ1v) is 5.76. The Kier molecular flexibility index (Phi) is 3.53. The maximum atomic E-state index is 11.6. The minimum Gasteiger partial charge on any atom is -0.475 e. The molecular weight excluding hydrogens is 249 g/mol. The highest BCUT2D eigenvalue weighted by Crippen LogP contribution is 2.63. The standard InChI is InChI=1S/C10H16O.C2HF3O2/c1-9(2)7-4-5-10(9,3)8(11)6-7;3-2(4,5)1(6)7/h7H,4-6H2,1-3H3;(H,6,7). The van der Waals surface area contributed by atoms with Gasteiger partial charge in [0.1, 0.15) is 5.78 Å². The fraction of sp³-hybridized carbons (Fsp3) is 0.833. The molecule has 2 rings (SSSR count). The third kappa shape index (κ3) is 2.24. The second-order valence-corrected chi connectivity index (χ2v) is 5.72. The summed E-state index contributed by atoms with van der Waals surface area (Å²) in [6, 6.07) is 0. The number of ketones is 1. The van der Waals surface area contributed by atoms with Crippen LogP contribution in [0.5, 0.6) is 0 Å². The topological polar surface area (TPSA) is 54.4 Å².